The fraction of sp³-hybridized carbons (Fsp3) is 0.278. The van der Waals surface area contributed by atoms with E-state index in [2.05, 4.69) is 0 Å². The van der Waals surface area contributed by atoms with Gasteiger partial charge in [0.25, 0.3) is 0 Å². The Balaban J connectivity index is 2.06. The van der Waals surface area contributed by atoms with Crippen molar-refractivity contribution in [2.45, 2.75) is 25.2 Å². The summed E-state index contributed by atoms with van der Waals surface area (Å²) in [5.41, 5.74) is 2.54. The number of phenols is 1. The first-order chi connectivity index (χ1) is 10.2. The highest BCUT2D eigenvalue weighted by Gasteiger charge is 2.16. The van der Waals surface area contributed by atoms with E-state index in [-0.39, 0.29) is 18.3 Å². The van der Waals surface area contributed by atoms with Gasteiger partial charge in [-0.1, -0.05) is 48.5 Å². The third kappa shape index (κ3) is 4.43. The molecule has 0 aliphatic carbocycles. The standard InChI is InChI=1S/C18H21NO2/c19-16(12-14-6-2-1-3-7-14)13-15(10-11-20)17-8-4-5-9-18(17)21/h1-9,15,19-21H,10-13H2. The highest BCUT2D eigenvalue weighted by Crippen LogP contribution is 2.31. The lowest BCUT2D eigenvalue weighted by molar-refractivity contribution is 0.275. The summed E-state index contributed by atoms with van der Waals surface area (Å²) in [6, 6.07) is 17.1. The molecule has 0 aliphatic rings. The lowest BCUT2D eigenvalue weighted by Gasteiger charge is -2.18. The van der Waals surface area contributed by atoms with E-state index in [0.29, 0.717) is 25.0 Å². The molecule has 2 aromatic rings. The van der Waals surface area contributed by atoms with Gasteiger partial charge in [-0.3, -0.25) is 0 Å². The van der Waals surface area contributed by atoms with Gasteiger partial charge in [0.1, 0.15) is 5.75 Å². The largest absolute Gasteiger partial charge is 0.508 e. The van der Waals surface area contributed by atoms with Gasteiger partial charge in [-0.15, -0.1) is 0 Å². The lowest BCUT2D eigenvalue weighted by Crippen LogP contribution is -2.10. The Kier molecular flexibility index (Phi) is 5.52. The van der Waals surface area contributed by atoms with Crippen molar-refractivity contribution < 1.29 is 10.2 Å². The second-order valence-corrected chi connectivity index (χ2v) is 5.24. The van der Waals surface area contributed by atoms with E-state index >= 15 is 0 Å². The van der Waals surface area contributed by atoms with Gasteiger partial charge < -0.3 is 15.6 Å². The molecule has 0 heterocycles. The number of rotatable bonds is 7. The van der Waals surface area contributed by atoms with Crippen LogP contribution in [-0.4, -0.2) is 22.5 Å². The first-order valence-corrected chi connectivity index (χ1v) is 7.19. The molecule has 0 aliphatic heterocycles. The van der Waals surface area contributed by atoms with E-state index in [1.165, 1.54) is 0 Å². The number of aliphatic hydroxyl groups is 1. The average molecular weight is 283 g/mol. The highest BCUT2D eigenvalue weighted by atomic mass is 16.3. The number of aromatic hydroxyl groups is 1. The van der Waals surface area contributed by atoms with Gasteiger partial charge in [-0.25, -0.2) is 0 Å². The zero-order chi connectivity index (χ0) is 15.1. The van der Waals surface area contributed by atoms with Crippen LogP contribution in [0.15, 0.2) is 54.6 Å². The highest BCUT2D eigenvalue weighted by molar-refractivity contribution is 5.84. The van der Waals surface area contributed by atoms with E-state index in [1.807, 2.05) is 42.5 Å². The molecule has 3 N–H and O–H groups in total. The number of hydrogen-bond acceptors (Lipinski definition) is 3. The van der Waals surface area contributed by atoms with E-state index in [4.69, 9.17) is 5.41 Å². The molecule has 0 saturated carbocycles. The zero-order valence-corrected chi connectivity index (χ0v) is 12.0. The molecule has 2 rings (SSSR count). The summed E-state index contributed by atoms with van der Waals surface area (Å²) in [5.74, 6) is 0.218. The van der Waals surface area contributed by atoms with Gasteiger partial charge >= 0.3 is 0 Å². The molecule has 0 fully saturated rings. The van der Waals surface area contributed by atoms with Crippen molar-refractivity contribution in [2.75, 3.05) is 6.61 Å². The number of para-hydroxylation sites is 1. The Morgan fingerprint density at radius 1 is 1.00 bits per heavy atom. The van der Waals surface area contributed by atoms with Crippen LogP contribution in [0.25, 0.3) is 0 Å². The summed E-state index contributed by atoms with van der Waals surface area (Å²) in [5, 5.41) is 27.4. The lowest BCUT2D eigenvalue weighted by atomic mass is 9.88. The molecule has 0 amide bonds. The first kappa shape index (κ1) is 15.3. The predicted octanol–water partition coefficient (Wildman–Crippen LogP) is 3.51. The minimum Gasteiger partial charge on any atom is -0.508 e. The smallest absolute Gasteiger partial charge is 0.119 e. The minimum absolute atomic E-state index is 0.0209. The van der Waals surface area contributed by atoms with E-state index in [0.717, 1.165) is 11.1 Å². The van der Waals surface area contributed by atoms with Gasteiger partial charge in [-0.05, 0) is 36.0 Å². The fourth-order valence-electron chi connectivity index (χ4n) is 2.57. The van der Waals surface area contributed by atoms with Crippen molar-refractivity contribution >= 4 is 5.71 Å². The normalized spacial score (nSPS) is 12.0. The summed E-state index contributed by atoms with van der Waals surface area (Å²) >= 11 is 0. The SMILES string of the molecule is N=C(Cc1ccccc1)CC(CCO)c1ccccc1O. The third-order valence-corrected chi connectivity index (χ3v) is 3.61. The van der Waals surface area contributed by atoms with Crippen molar-refractivity contribution in [2.24, 2.45) is 0 Å². The second-order valence-electron chi connectivity index (χ2n) is 5.24. The zero-order valence-electron chi connectivity index (χ0n) is 12.0. The van der Waals surface area contributed by atoms with E-state index < -0.39 is 0 Å². The molecule has 0 spiro atoms. The van der Waals surface area contributed by atoms with Gasteiger partial charge in [-0.2, -0.15) is 0 Å². The van der Waals surface area contributed by atoms with Crippen molar-refractivity contribution in [1.29, 1.82) is 5.41 Å². The Labute approximate surface area is 125 Å². The van der Waals surface area contributed by atoms with Crippen LogP contribution in [0.3, 0.4) is 0 Å². The van der Waals surface area contributed by atoms with Gasteiger partial charge in [0, 0.05) is 18.7 Å². The molecular weight excluding hydrogens is 262 g/mol. The molecule has 2 aromatic carbocycles. The Hall–Kier alpha value is -2.13. The van der Waals surface area contributed by atoms with Crippen LogP contribution in [0.2, 0.25) is 0 Å². The molecule has 1 unspecified atom stereocenters. The van der Waals surface area contributed by atoms with Gasteiger partial charge in [0.15, 0.2) is 0 Å². The van der Waals surface area contributed by atoms with Crippen molar-refractivity contribution in [1.82, 2.24) is 0 Å². The topological polar surface area (TPSA) is 64.3 Å². The van der Waals surface area contributed by atoms with Crippen LogP contribution in [0, 0.1) is 5.41 Å². The van der Waals surface area contributed by atoms with Gasteiger partial charge in [0.2, 0.25) is 0 Å². The second kappa shape index (κ2) is 7.60. The number of aliphatic hydroxyl groups excluding tert-OH is 1. The van der Waals surface area contributed by atoms with Crippen LogP contribution in [0.4, 0.5) is 0 Å². The van der Waals surface area contributed by atoms with E-state index in [9.17, 15) is 10.2 Å². The van der Waals surface area contributed by atoms with E-state index in [1.54, 1.807) is 12.1 Å². The summed E-state index contributed by atoms with van der Waals surface area (Å²) in [7, 11) is 0. The summed E-state index contributed by atoms with van der Waals surface area (Å²) < 4.78 is 0. The summed E-state index contributed by atoms with van der Waals surface area (Å²) in [6.45, 7) is 0.0532. The van der Waals surface area contributed by atoms with Crippen LogP contribution in [0.5, 0.6) is 5.75 Å². The van der Waals surface area contributed by atoms with Crippen LogP contribution < -0.4 is 0 Å². The molecule has 0 aromatic heterocycles. The minimum atomic E-state index is -0.0209. The Morgan fingerprint density at radius 2 is 1.67 bits per heavy atom. The molecular formula is C18H21NO2. The molecule has 3 nitrogen and oxygen atoms in total. The number of hydrogen-bond donors (Lipinski definition) is 3. The number of nitrogens with one attached hydrogen (secondary N) is 1. The van der Waals surface area contributed by atoms with Crippen LogP contribution in [-0.2, 0) is 6.42 Å². The monoisotopic (exact) mass is 283 g/mol. The number of phenolic OH excluding ortho intramolecular Hbond substituents is 1. The quantitative estimate of drug-likeness (QED) is 0.681. The van der Waals surface area contributed by atoms with Crippen molar-refractivity contribution in [3.05, 3.63) is 65.7 Å². The van der Waals surface area contributed by atoms with Crippen LogP contribution in [0.1, 0.15) is 29.9 Å². The maximum absolute atomic E-state index is 9.96. The molecule has 21 heavy (non-hydrogen) atoms. The van der Waals surface area contributed by atoms with Gasteiger partial charge in [0.05, 0.1) is 0 Å². The maximum Gasteiger partial charge on any atom is 0.119 e. The molecule has 110 valence electrons. The molecule has 1 atom stereocenters. The Bertz CT molecular complexity index is 581. The van der Waals surface area contributed by atoms with Crippen molar-refractivity contribution in [3.63, 3.8) is 0 Å². The first-order valence-electron chi connectivity index (χ1n) is 7.19. The molecule has 0 radical (unpaired) electrons. The van der Waals surface area contributed by atoms with Crippen molar-refractivity contribution in [3.8, 4) is 5.75 Å². The molecule has 3 heteroatoms. The maximum atomic E-state index is 9.96. The molecule has 0 saturated heterocycles. The average Bonchev–Trinajstić information content (AvgIpc) is 2.48. The van der Waals surface area contributed by atoms with Crippen LogP contribution >= 0.6 is 0 Å². The fourth-order valence-corrected chi connectivity index (χ4v) is 2.57. The number of benzene rings is 2. The predicted molar refractivity (Wildman–Crippen MR) is 85.0 cm³/mol. The third-order valence-electron chi connectivity index (χ3n) is 3.61. The summed E-state index contributed by atoms with van der Waals surface area (Å²) in [6.07, 6.45) is 1.71. The summed E-state index contributed by atoms with van der Waals surface area (Å²) in [4.78, 5) is 0. The Morgan fingerprint density at radius 3 is 2.33 bits per heavy atom. The molecule has 0 bridgehead atoms.